The number of primary amides is 1. The highest BCUT2D eigenvalue weighted by atomic mass is 35.5. The second-order valence-electron chi connectivity index (χ2n) is 9.15. The highest BCUT2D eigenvalue weighted by Gasteiger charge is 2.20. The summed E-state index contributed by atoms with van der Waals surface area (Å²) in [6.45, 7) is 10.9. The smallest absolute Gasteiger partial charge is 0.248 e. The molecule has 1 aliphatic rings. The van der Waals surface area contributed by atoms with Crippen LogP contribution in [0.1, 0.15) is 43.1 Å². The van der Waals surface area contributed by atoms with Gasteiger partial charge in [0.15, 0.2) is 0 Å². The van der Waals surface area contributed by atoms with E-state index < -0.39 is 5.91 Å². The Kier molecular flexibility index (Phi) is 6.86. The van der Waals surface area contributed by atoms with Gasteiger partial charge in [0.05, 0.1) is 0 Å². The minimum Gasteiger partial charge on any atom is -0.366 e. The van der Waals surface area contributed by atoms with Crippen LogP contribution < -0.4 is 26.6 Å². The summed E-state index contributed by atoms with van der Waals surface area (Å²) in [5, 5.41) is 10.4. The molecule has 10 heteroatoms. The lowest BCUT2D eigenvalue weighted by molar-refractivity contribution is 0.100. The summed E-state index contributed by atoms with van der Waals surface area (Å²) in [5.74, 6) is 0.856. The second-order valence-corrected chi connectivity index (χ2v) is 9.56. The van der Waals surface area contributed by atoms with Gasteiger partial charge in [-0.3, -0.25) is 4.79 Å². The van der Waals surface area contributed by atoms with E-state index in [1.807, 2.05) is 18.9 Å². The Morgan fingerprint density at radius 1 is 1.29 bits per heavy atom. The van der Waals surface area contributed by atoms with Crippen molar-refractivity contribution in [3.8, 4) is 0 Å². The van der Waals surface area contributed by atoms with Crippen LogP contribution >= 0.6 is 11.6 Å². The Hall–Kier alpha value is -2.65. The van der Waals surface area contributed by atoms with Crippen LogP contribution in [0.4, 0.5) is 23.5 Å². The molecule has 3 rings (SSSR count). The van der Waals surface area contributed by atoms with Crippen LogP contribution in [-0.2, 0) is 0 Å². The molecular weight excluding hydrogens is 416 g/mol. The van der Waals surface area contributed by atoms with Crippen LogP contribution in [0.25, 0.3) is 0 Å². The van der Waals surface area contributed by atoms with E-state index in [1.54, 1.807) is 12.1 Å². The number of hydrogen-bond acceptors (Lipinski definition) is 8. The number of rotatable bonds is 7. The first-order chi connectivity index (χ1) is 14.5. The van der Waals surface area contributed by atoms with Crippen LogP contribution in [0.15, 0.2) is 12.1 Å². The third-order valence-electron chi connectivity index (χ3n) is 4.95. The molecule has 2 aromatic rings. The molecule has 0 unspecified atom stereocenters. The van der Waals surface area contributed by atoms with Gasteiger partial charge in [-0.1, -0.05) is 32.4 Å². The van der Waals surface area contributed by atoms with E-state index >= 15 is 0 Å². The summed E-state index contributed by atoms with van der Waals surface area (Å²) in [6.07, 6.45) is 0.997. The summed E-state index contributed by atoms with van der Waals surface area (Å²) < 4.78 is 0. The average Bonchev–Trinajstić information content (AvgIpc) is 3.16. The molecule has 1 aromatic carbocycles. The maximum absolute atomic E-state index is 11.7. The minimum atomic E-state index is -0.553. The molecule has 1 aromatic heterocycles. The fraction of sp³-hybridized carbons (Fsp3) is 0.524. The zero-order chi connectivity index (χ0) is 22.8. The van der Waals surface area contributed by atoms with Gasteiger partial charge >= 0.3 is 0 Å². The zero-order valence-electron chi connectivity index (χ0n) is 18.7. The fourth-order valence-corrected chi connectivity index (χ4v) is 3.69. The van der Waals surface area contributed by atoms with Crippen molar-refractivity contribution in [3.63, 3.8) is 0 Å². The first kappa shape index (κ1) is 23.0. The van der Waals surface area contributed by atoms with Crippen molar-refractivity contribution in [3.05, 3.63) is 28.3 Å². The van der Waals surface area contributed by atoms with Gasteiger partial charge in [-0.05, 0) is 43.0 Å². The topological polar surface area (TPSA) is 121 Å². The molecule has 168 valence electrons. The largest absolute Gasteiger partial charge is 0.366 e. The molecule has 31 heavy (non-hydrogen) atoms. The number of carbonyl (C=O) groups is 1. The van der Waals surface area contributed by atoms with E-state index in [1.165, 1.54) is 0 Å². The molecule has 5 N–H and O–H groups in total. The number of aromatic nitrogens is 3. The van der Waals surface area contributed by atoms with Gasteiger partial charge in [0.2, 0.25) is 23.8 Å². The van der Waals surface area contributed by atoms with Gasteiger partial charge in [0.25, 0.3) is 0 Å². The minimum absolute atomic E-state index is 0.0673. The van der Waals surface area contributed by atoms with Crippen molar-refractivity contribution in [2.75, 3.05) is 42.2 Å². The predicted octanol–water partition coefficient (Wildman–Crippen LogP) is 2.93. The van der Waals surface area contributed by atoms with Crippen molar-refractivity contribution in [2.24, 2.45) is 11.1 Å². The first-order valence-corrected chi connectivity index (χ1v) is 10.7. The van der Waals surface area contributed by atoms with Crippen LogP contribution in [0.5, 0.6) is 0 Å². The molecule has 0 saturated carbocycles. The van der Waals surface area contributed by atoms with E-state index in [0.717, 1.165) is 31.6 Å². The van der Waals surface area contributed by atoms with Crippen LogP contribution in [0.2, 0.25) is 5.02 Å². The van der Waals surface area contributed by atoms with E-state index in [4.69, 9.17) is 17.3 Å². The normalized spacial score (nSPS) is 16.3. The molecule has 1 fully saturated rings. The predicted molar refractivity (Wildman–Crippen MR) is 125 cm³/mol. The maximum atomic E-state index is 11.7. The van der Waals surface area contributed by atoms with Crippen molar-refractivity contribution >= 4 is 41.0 Å². The Morgan fingerprint density at radius 3 is 2.61 bits per heavy atom. The molecule has 0 bridgehead atoms. The number of benzene rings is 1. The van der Waals surface area contributed by atoms with Crippen molar-refractivity contribution < 1.29 is 4.79 Å². The molecule has 1 amide bonds. The average molecular weight is 447 g/mol. The fourth-order valence-electron chi connectivity index (χ4n) is 3.47. The SMILES string of the molecule is Cc1c(Cl)cc(C(N)=O)cc1Nc1nc(N[C@H]2CCNC2)nc(N(C)CC(C)(C)C)n1. The second kappa shape index (κ2) is 9.23. The highest BCUT2D eigenvalue weighted by Crippen LogP contribution is 2.28. The third-order valence-corrected chi connectivity index (χ3v) is 5.34. The molecule has 1 aliphatic heterocycles. The lowest BCUT2D eigenvalue weighted by Gasteiger charge is -2.27. The molecule has 2 heterocycles. The summed E-state index contributed by atoms with van der Waals surface area (Å²) in [7, 11) is 1.96. The summed E-state index contributed by atoms with van der Waals surface area (Å²) >= 11 is 6.30. The van der Waals surface area contributed by atoms with Crippen molar-refractivity contribution in [1.29, 1.82) is 0 Å². The van der Waals surface area contributed by atoms with Gasteiger partial charge in [-0.15, -0.1) is 0 Å². The highest BCUT2D eigenvalue weighted by molar-refractivity contribution is 6.32. The number of nitrogens with zero attached hydrogens (tertiary/aromatic N) is 4. The van der Waals surface area contributed by atoms with E-state index in [2.05, 4.69) is 51.7 Å². The number of anilines is 4. The van der Waals surface area contributed by atoms with E-state index in [-0.39, 0.29) is 11.5 Å². The summed E-state index contributed by atoms with van der Waals surface area (Å²) in [6, 6.07) is 3.46. The Labute approximate surface area is 188 Å². The van der Waals surface area contributed by atoms with Gasteiger partial charge in [-0.25, -0.2) is 0 Å². The third kappa shape index (κ3) is 6.18. The number of halogens is 1. The zero-order valence-corrected chi connectivity index (χ0v) is 19.5. The van der Waals surface area contributed by atoms with Gasteiger partial charge in [0, 0.05) is 42.5 Å². The molecule has 1 saturated heterocycles. The van der Waals surface area contributed by atoms with Crippen molar-refractivity contribution in [2.45, 2.75) is 40.2 Å². The molecule has 0 radical (unpaired) electrons. The van der Waals surface area contributed by atoms with Crippen molar-refractivity contribution in [1.82, 2.24) is 20.3 Å². The van der Waals surface area contributed by atoms with Gasteiger partial charge in [-0.2, -0.15) is 15.0 Å². The molecule has 1 atom stereocenters. The first-order valence-electron chi connectivity index (χ1n) is 10.3. The Morgan fingerprint density at radius 2 is 2.00 bits per heavy atom. The van der Waals surface area contributed by atoms with Gasteiger partial charge < -0.3 is 26.6 Å². The Balaban J connectivity index is 1.96. The standard InChI is InChI=1S/C21H31ClN8O/c1-12-15(22)8-13(17(23)31)9-16(12)26-19-27-18(25-14-6-7-24-10-14)28-20(29-19)30(5)11-21(2,3)4/h8-9,14,24H,6-7,10-11H2,1-5H3,(H2,23,31)(H2,25,26,27,28,29)/t14-/m0/s1. The number of nitrogens with two attached hydrogens (primary N) is 1. The molecule has 0 aliphatic carbocycles. The van der Waals surface area contributed by atoms with Crippen LogP contribution in [0.3, 0.4) is 0 Å². The summed E-state index contributed by atoms with van der Waals surface area (Å²) in [4.78, 5) is 27.5. The summed E-state index contributed by atoms with van der Waals surface area (Å²) in [5.41, 5.74) is 7.21. The number of amides is 1. The lowest BCUT2D eigenvalue weighted by atomic mass is 9.96. The molecule has 9 nitrogen and oxygen atoms in total. The van der Waals surface area contributed by atoms with E-state index in [0.29, 0.717) is 34.1 Å². The quantitative estimate of drug-likeness (QED) is 0.512. The van der Waals surface area contributed by atoms with Crippen LogP contribution in [0, 0.1) is 12.3 Å². The van der Waals surface area contributed by atoms with E-state index in [9.17, 15) is 4.79 Å². The maximum Gasteiger partial charge on any atom is 0.248 e. The molecular formula is C21H31ClN8O. The molecule has 0 spiro atoms. The Bertz CT molecular complexity index is 953. The van der Waals surface area contributed by atoms with Crippen LogP contribution in [-0.4, -0.2) is 53.6 Å². The monoisotopic (exact) mass is 446 g/mol. The van der Waals surface area contributed by atoms with Gasteiger partial charge in [0.1, 0.15) is 0 Å². The lowest BCUT2D eigenvalue weighted by Crippen LogP contribution is -2.31. The number of carbonyl (C=O) groups excluding carboxylic acids is 1. The number of hydrogen-bond donors (Lipinski definition) is 4. The number of nitrogens with one attached hydrogen (secondary N) is 3.